The van der Waals surface area contributed by atoms with Gasteiger partial charge in [0.05, 0.1) is 22.5 Å². The van der Waals surface area contributed by atoms with Gasteiger partial charge in [0.25, 0.3) is 0 Å². The van der Waals surface area contributed by atoms with Crippen LogP contribution in [0.4, 0.5) is 0 Å². The molecular formula is C12H18N2O6S2. The largest absolute Gasteiger partial charge is 0.465 e. The number of carbonyl (C=O) groups excluding carboxylic acids is 1. The molecule has 1 aromatic carbocycles. The normalized spacial score (nSPS) is 12.7. The number of rotatable bonds is 5. The van der Waals surface area contributed by atoms with Gasteiger partial charge in [-0.2, -0.15) is 0 Å². The summed E-state index contributed by atoms with van der Waals surface area (Å²) in [5.74, 6) is -0.828. The molecular weight excluding hydrogens is 332 g/mol. The van der Waals surface area contributed by atoms with Crippen molar-refractivity contribution in [2.75, 3.05) is 35.3 Å². The maximum absolute atomic E-state index is 12.2. The molecule has 0 saturated carbocycles. The quantitative estimate of drug-likeness (QED) is 0.692. The maximum atomic E-state index is 12.2. The summed E-state index contributed by atoms with van der Waals surface area (Å²) in [7, 11) is -1.47. The van der Waals surface area contributed by atoms with E-state index in [4.69, 9.17) is 0 Å². The summed E-state index contributed by atoms with van der Waals surface area (Å²) in [6.07, 6.45) is 0. The van der Waals surface area contributed by atoms with Crippen molar-refractivity contribution in [2.24, 2.45) is 0 Å². The Morgan fingerprint density at radius 1 is 0.864 bits per heavy atom. The minimum Gasteiger partial charge on any atom is -0.465 e. The van der Waals surface area contributed by atoms with Crippen molar-refractivity contribution in [2.45, 2.75) is 9.79 Å². The van der Waals surface area contributed by atoms with Crippen molar-refractivity contribution in [1.29, 1.82) is 0 Å². The van der Waals surface area contributed by atoms with Crippen LogP contribution in [0.3, 0.4) is 0 Å². The summed E-state index contributed by atoms with van der Waals surface area (Å²) in [6.45, 7) is 0. The molecule has 1 rings (SSSR count). The lowest BCUT2D eigenvalue weighted by atomic mass is 10.2. The third kappa shape index (κ3) is 3.46. The van der Waals surface area contributed by atoms with Gasteiger partial charge in [-0.25, -0.2) is 30.2 Å². The Hall–Kier alpha value is -1.49. The van der Waals surface area contributed by atoms with Crippen LogP contribution in [0, 0.1) is 0 Å². The van der Waals surface area contributed by atoms with E-state index in [0.29, 0.717) is 0 Å². The second kappa shape index (κ2) is 6.32. The lowest BCUT2D eigenvalue weighted by Crippen LogP contribution is -2.25. The molecule has 0 bridgehead atoms. The van der Waals surface area contributed by atoms with Crippen LogP contribution >= 0.6 is 0 Å². The Labute approximate surface area is 130 Å². The molecule has 10 heteroatoms. The summed E-state index contributed by atoms with van der Waals surface area (Å²) in [6, 6.07) is 3.17. The van der Waals surface area contributed by atoms with E-state index in [-0.39, 0.29) is 15.4 Å². The predicted molar refractivity (Wildman–Crippen MR) is 79.5 cm³/mol. The summed E-state index contributed by atoms with van der Waals surface area (Å²) < 4.78 is 55.2. The van der Waals surface area contributed by atoms with Crippen molar-refractivity contribution in [3.63, 3.8) is 0 Å². The summed E-state index contributed by atoms with van der Waals surface area (Å²) >= 11 is 0. The first-order valence-corrected chi connectivity index (χ1v) is 8.91. The first-order valence-electron chi connectivity index (χ1n) is 6.03. The van der Waals surface area contributed by atoms with Gasteiger partial charge in [-0.05, 0) is 18.2 Å². The highest BCUT2D eigenvalue weighted by Gasteiger charge is 2.25. The number of benzene rings is 1. The van der Waals surface area contributed by atoms with Gasteiger partial charge in [-0.3, -0.25) is 0 Å². The zero-order valence-electron chi connectivity index (χ0n) is 12.9. The van der Waals surface area contributed by atoms with E-state index in [9.17, 15) is 21.6 Å². The zero-order chi connectivity index (χ0) is 17.3. The Bertz CT molecular complexity index is 726. The minimum absolute atomic E-state index is 0.161. The van der Waals surface area contributed by atoms with Crippen molar-refractivity contribution < 1.29 is 26.4 Å². The number of carbonyl (C=O) groups is 1. The fraction of sp³-hybridized carbons (Fsp3) is 0.417. The first kappa shape index (κ1) is 18.6. The van der Waals surface area contributed by atoms with Crippen LogP contribution in [0.2, 0.25) is 0 Å². The highest BCUT2D eigenvalue weighted by atomic mass is 32.2. The lowest BCUT2D eigenvalue weighted by molar-refractivity contribution is 0.0600. The van der Waals surface area contributed by atoms with Crippen LogP contribution in [0.15, 0.2) is 28.0 Å². The SMILES string of the molecule is COC(=O)c1cc(S(=O)(=O)N(C)C)cc(S(=O)(=O)N(C)C)c1. The van der Waals surface area contributed by atoms with Gasteiger partial charge in [0.1, 0.15) is 0 Å². The standard InChI is InChI=1S/C12H18N2O6S2/c1-13(2)21(16,17)10-6-9(12(15)20-5)7-11(8-10)22(18,19)14(3)4/h6-8H,1-5H3. The van der Waals surface area contributed by atoms with Crippen LogP contribution < -0.4 is 0 Å². The summed E-state index contributed by atoms with van der Waals surface area (Å²) in [5, 5.41) is 0. The molecule has 1 aromatic rings. The number of hydrogen-bond donors (Lipinski definition) is 0. The average molecular weight is 350 g/mol. The maximum Gasteiger partial charge on any atom is 0.337 e. The molecule has 0 spiro atoms. The van der Waals surface area contributed by atoms with Crippen molar-refractivity contribution in [1.82, 2.24) is 8.61 Å². The zero-order valence-corrected chi connectivity index (χ0v) is 14.5. The number of esters is 1. The van der Waals surface area contributed by atoms with Gasteiger partial charge in [-0.1, -0.05) is 0 Å². The molecule has 0 radical (unpaired) electrons. The van der Waals surface area contributed by atoms with Crippen LogP contribution in [0.25, 0.3) is 0 Å². The third-order valence-corrected chi connectivity index (χ3v) is 6.44. The Kier molecular flexibility index (Phi) is 5.34. The second-order valence-corrected chi connectivity index (χ2v) is 9.06. The van der Waals surface area contributed by atoms with Crippen LogP contribution in [-0.2, 0) is 24.8 Å². The molecule has 0 atom stereocenters. The molecule has 0 aliphatic rings. The molecule has 0 N–H and O–H groups in total. The van der Waals surface area contributed by atoms with Crippen molar-refractivity contribution in [3.05, 3.63) is 23.8 Å². The molecule has 0 unspecified atom stereocenters. The van der Waals surface area contributed by atoms with E-state index >= 15 is 0 Å². The van der Waals surface area contributed by atoms with Gasteiger partial charge in [0.2, 0.25) is 20.0 Å². The number of sulfonamides is 2. The molecule has 0 aromatic heterocycles. The van der Waals surface area contributed by atoms with Crippen LogP contribution in [-0.4, -0.2) is 66.7 Å². The van der Waals surface area contributed by atoms with E-state index < -0.39 is 26.0 Å². The number of hydrogen-bond acceptors (Lipinski definition) is 6. The van der Waals surface area contributed by atoms with Gasteiger partial charge in [-0.15, -0.1) is 0 Å². The lowest BCUT2D eigenvalue weighted by Gasteiger charge is -2.16. The van der Waals surface area contributed by atoms with Gasteiger partial charge in [0.15, 0.2) is 0 Å². The van der Waals surface area contributed by atoms with Crippen LogP contribution in [0.1, 0.15) is 10.4 Å². The van der Waals surface area contributed by atoms with E-state index in [1.54, 1.807) is 0 Å². The molecule has 0 aliphatic heterocycles. The second-order valence-electron chi connectivity index (χ2n) is 4.76. The average Bonchev–Trinajstić information content (AvgIpc) is 2.45. The molecule has 0 saturated heterocycles. The predicted octanol–water partition coefficient (Wildman–Crippen LogP) is -0.0262. The monoisotopic (exact) mass is 350 g/mol. The van der Waals surface area contributed by atoms with Crippen molar-refractivity contribution in [3.8, 4) is 0 Å². The van der Waals surface area contributed by atoms with Crippen LogP contribution in [0.5, 0.6) is 0 Å². The van der Waals surface area contributed by atoms with E-state index in [1.807, 2.05) is 0 Å². The molecule has 124 valence electrons. The summed E-state index contributed by atoms with van der Waals surface area (Å²) in [4.78, 5) is 11.1. The Morgan fingerprint density at radius 2 is 1.23 bits per heavy atom. The Balaban J connectivity index is 3.73. The molecule has 22 heavy (non-hydrogen) atoms. The van der Waals surface area contributed by atoms with Crippen molar-refractivity contribution >= 4 is 26.0 Å². The van der Waals surface area contributed by atoms with Gasteiger partial charge >= 0.3 is 5.97 Å². The Morgan fingerprint density at radius 3 is 1.50 bits per heavy atom. The van der Waals surface area contributed by atoms with E-state index in [1.165, 1.54) is 28.2 Å². The smallest absolute Gasteiger partial charge is 0.337 e. The molecule has 0 heterocycles. The molecule has 0 aliphatic carbocycles. The topological polar surface area (TPSA) is 101 Å². The number of nitrogens with zero attached hydrogens (tertiary/aromatic N) is 2. The van der Waals surface area contributed by atoms with Gasteiger partial charge < -0.3 is 4.74 Å². The third-order valence-electron chi connectivity index (χ3n) is 2.86. The highest BCUT2D eigenvalue weighted by molar-refractivity contribution is 7.90. The first-order chi connectivity index (χ1) is 9.94. The fourth-order valence-electron chi connectivity index (χ4n) is 1.53. The van der Waals surface area contributed by atoms with E-state index in [2.05, 4.69) is 4.74 Å². The molecule has 0 fully saturated rings. The summed E-state index contributed by atoms with van der Waals surface area (Å²) in [5.41, 5.74) is -0.161. The van der Waals surface area contributed by atoms with Gasteiger partial charge in [0, 0.05) is 28.2 Å². The minimum atomic E-state index is -3.91. The number of methoxy groups -OCH3 is 1. The molecule has 0 amide bonds. The fourth-order valence-corrected chi connectivity index (χ4v) is 3.55. The number of ether oxygens (including phenoxy) is 1. The highest BCUT2D eigenvalue weighted by Crippen LogP contribution is 2.23. The molecule has 8 nitrogen and oxygen atoms in total. The van der Waals surface area contributed by atoms with E-state index in [0.717, 1.165) is 33.9 Å².